The maximum atomic E-state index is 13.0. The third-order valence-electron chi connectivity index (χ3n) is 4.15. The first-order valence-corrected chi connectivity index (χ1v) is 9.60. The summed E-state index contributed by atoms with van der Waals surface area (Å²) in [5.74, 6) is 0.934. The molecule has 27 heavy (non-hydrogen) atoms. The van der Waals surface area contributed by atoms with Gasteiger partial charge in [-0.25, -0.2) is 4.39 Å². The van der Waals surface area contributed by atoms with Crippen LogP contribution in [0.2, 0.25) is 0 Å². The molecule has 0 atom stereocenters. The molecule has 1 aromatic heterocycles. The average Bonchev–Trinajstić information content (AvgIpc) is 2.66. The summed E-state index contributed by atoms with van der Waals surface area (Å²) in [5, 5.41) is 11.7. The van der Waals surface area contributed by atoms with Crippen LogP contribution in [0.15, 0.2) is 58.5 Å². The Balaban J connectivity index is 1.72. The van der Waals surface area contributed by atoms with E-state index < -0.39 is 0 Å². The molecule has 140 valence electrons. The Morgan fingerprint density at radius 1 is 1.07 bits per heavy atom. The van der Waals surface area contributed by atoms with Crippen molar-refractivity contribution in [2.24, 2.45) is 7.05 Å². The molecule has 1 heterocycles. The summed E-state index contributed by atoms with van der Waals surface area (Å²) in [6.45, 7) is 4.26. The van der Waals surface area contributed by atoms with Crippen molar-refractivity contribution in [1.82, 2.24) is 14.8 Å². The molecule has 2 aromatic carbocycles. The van der Waals surface area contributed by atoms with Gasteiger partial charge in [-0.1, -0.05) is 49.9 Å². The molecule has 0 aliphatic rings. The van der Waals surface area contributed by atoms with Crippen molar-refractivity contribution in [1.29, 1.82) is 0 Å². The summed E-state index contributed by atoms with van der Waals surface area (Å²) >= 11 is 1.38. The van der Waals surface area contributed by atoms with Gasteiger partial charge in [0, 0.05) is 18.5 Å². The normalized spacial score (nSPS) is 11.0. The Morgan fingerprint density at radius 2 is 1.74 bits per heavy atom. The predicted octanol–water partition coefficient (Wildman–Crippen LogP) is 4.47. The third kappa shape index (κ3) is 4.74. The molecular formula is C20H21FN4OS. The van der Waals surface area contributed by atoms with E-state index in [2.05, 4.69) is 29.4 Å². The van der Waals surface area contributed by atoms with Crippen LogP contribution >= 0.6 is 11.8 Å². The maximum Gasteiger partial charge on any atom is 0.297 e. The number of nitrogens with zero attached hydrogens (tertiary/aromatic N) is 3. The van der Waals surface area contributed by atoms with Gasteiger partial charge in [0.25, 0.3) is 5.56 Å². The molecule has 0 aliphatic heterocycles. The van der Waals surface area contributed by atoms with Crippen LogP contribution < -0.4 is 10.9 Å². The quantitative estimate of drug-likeness (QED) is 0.635. The highest BCUT2D eigenvalue weighted by Gasteiger charge is 2.11. The van der Waals surface area contributed by atoms with Gasteiger partial charge in [-0.15, -0.1) is 10.2 Å². The second-order valence-corrected chi connectivity index (χ2v) is 7.45. The number of rotatable bonds is 6. The van der Waals surface area contributed by atoms with E-state index in [0.717, 1.165) is 11.3 Å². The van der Waals surface area contributed by atoms with Crippen LogP contribution in [-0.2, 0) is 12.8 Å². The van der Waals surface area contributed by atoms with Gasteiger partial charge in [-0.2, -0.15) is 0 Å². The van der Waals surface area contributed by atoms with Gasteiger partial charge >= 0.3 is 0 Å². The minimum atomic E-state index is -0.271. The predicted molar refractivity (Wildman–Crippen MR) is 107 cm³/mol. The summed E-state index contributed by atoms with van der Waals surface area (Å²) in [5.41, 5.74) is 2.72. The number of aromatic nitrogens is 3. The van der Waals surface area contributed by atoms with Crippen LogP contribution in [0.1, 0.15) is 30.9 Å². The molecular weight excluding hydrogens is 363 g/mol. The average molecular weight is 384 g/mol. The SMILES string of the molecule is CC(C)c1ccc(Nc2nnc(SCc3ccc(F)cc3)n(C)c2=O)cc1. The molecule has 0 fully saturated rings. The molecule has 0 spiro atoms. The zero-order valence-corrected chi connectivity index (χ0v) is 16.3. The number of benzene rings is 2. The number of anilines is 2. The largest absolute Gasteiger partial charge is 0.334 e. The van der Waals surface area contributed by atoms with Crippen molar-refractivity contribution in [2.75, 3.05) is 5.32 Å². The van der Waals surface area contributed by atoms with Crippen LogP contribution in [-0.4, -0.2) is 14.8 Å². The lowest BCUT2D eigenvalue weighted by molar-refractivity contribution is 0.627. The Kier molecular flexibility index (Phi) is 5.91. The Bertz CT molecular complexity index is 969. The molecule has 3 rings (SSSR count). The fourth-order valence-electron chi connectivity index (χ4n) is 2.47. The van der Waals surface area contributed by atoms with Gasteiger partial charge in [0.05, 0.1) is 0 Å². The van der Waals surface area contributed by atoms with E-state index in [9.17, 15) is 9.18 Å². The fraction of sp³-hybridized carbons (Fsp3) is 0.250. The summed E-state index contributed by atoms with van der Waals surface area (Å²) < 4.78 is 14.4. The highest BCUT2D eigenvalue weighted by molar-refractivity contribution is 7.98. The number of nitrogens with one attached hydrogen (secondary N) is 1. The molecule has 0 radical (unpaired) electrons. The molecule has 7 heteroatoms. The monoisotopic (exact) mass is 384 g/mol. The summed E-state index contributed by atoms with van der Waals surface area (Å²) in [7, 11) is 1.66. The van der Waals surface area contributed by atoms with E-state index in [1.165, 1.54) is 34.0 Å². The van der Waals surface area contributed by atoms with Crippen molar-refractivity contribution >= 4 is 23.3 Å². The third-order valence-corrected chi connectivity index (χ3v) is 5.24. The van der Waals surface area contributed by atoms with Crippen molar-refractivity contribution in [3.63, 3.8) is 0 Å². The molecule has 5 nitrogen and oxygen atoms in total. The Hall–Kier alpha value is -2.67. The van der Waals surface area contributed by atoms with E-state index in [1.807, 2.05) is 24.3 Å². The van der Waals surface area contributed by atoms with Crippen LogP contribution in [0.25, 0.3) is 0 Å². The van der Waals surface area contributed by atoms with Crippen LogP contribution in [0, 0.1) is 5.82 Å². The Labute approximate surface area is 161 Å². The molecule has 0 saturated carbocycles. The molecule has 3 aromatic rings. The second-order valence-electron chi connectivity index (χ2n) is 6.51. The number of hydrogen-bond acceptors (Lipinski definition) is 5. The van der Waals surface area contributed by atoms with Gasteiger partial charge in [0.1, 0.15) is 5.82 Å². The van der Waals surface area contributed by atoms with Crippen molar-refractivity contribution in [3.8, 4) is 0 Å². The van der Waals surface area contributed by atoms with Crippen molar-refractivity contribution < 1.29 is 4.39 Å². The minimum Gasteiger partial charge on any atom is -0.334 e. The highest BCUT2D eigenvalue weighted by Crippen LogP contribution is 2.21. The molecule has 0 unspecified atom stereocenters. The molecule has 0 saturated heterocycles. The fourth-order valence-corrected chi connectivity index (χ4v) is 3.33. The van der Waals surface area contributed by atoms with E-state index in [-0.39, 0.29) is 17.2 Å². The van der Waals surface area contributed by atoms with Crippen molar-refractivity contribution in [2.45, 2.75) is 30.7 Å². The van der Waals surface area contributed by atoms with E-state index in [4.69, 9.17) is 0 Å². The zero-order valence-electron chi connectivity index (χ0n) is 15.4. The van der Waals surface area contributed by atoms with E-state index in [0.29, 0.717) is 16.8 Å². The first-order chi connectivity index (χ1) is 12.9. The lowest BCUT2D eigenvalue weighted by Gasteiger charge is -2.10. The zero-order chi connectivity index (χ0) is 19.4. The highest BCUT2D eigenvalue weighted by atomic mass is 32.2. The van der Waals surface area contributed by atoms with Gasteiger partial charge in [-0.05, 0) is 41.3 Å². The van der Waals surface area contributed by atoms with E-state index in [1.54, 1.807) is 19.2 Å². The Morgan fingerprint density at radius 3 is 2.37 bits per heavy atom. The lowest BCUT2D eigenvalue weighted by atomic mass is 10.0. The number of hydrogen-bond donors (Lipinski definition) is 1. The topological polar surface area (TPSA) is 59.8 Å². The molecule has 0 bridgehead atoms. The molecule has 0 aliphatic carbocycles. The molecule has 0 amide bonds. The number of thioether (sulfide) groups is 1. The summed E-state index contributed by atoms with van der Waals surface area (Å²) in [6, 6.07) is 14.2. The summed E-state index contributed by atoms with van der Waals surface area (Å²) in [4.78, 5) is 12.6. The number of halogens is 1. The first kappa shape index (κ1) is 19.1. The van der Waals surface area contributed by atoms with Crippen LogP contribution in [0.5, 0.6) is 0 Å². The van der Waals surface area contributed by atoms with Crippen molar-refractivity contribution in [3.05, 3.63) is 75.8 Å². The first-order valence-electron chi connectivity index (χ1n) is 8.62. The van der Waals surface area contributed by atoms with Gasteiger partial charge in [-0.3, -0.25) is 9.36 Å². The lowest BCUT2D eigenvalue weighted by Crippen LogP contribution is -2.24. The summed E-state index contributed by atoms with van der Waals surface area (Å²) in [6.07, 6.45) is 0. The van der Waals surface area contributed by atoms with E-state index >= 15 is 0 Å². The van der Waals surface area contributed by atoms with Crippen LogP contribution in [0.3, 0.4) is 0 Å². The van der Waals surface area contributed by atoms with Gasteiger partial charge in [0.15, 0.2) is 5.16 Å². The van der Waals surface area contributed by atoms with Gasteiger partial charge in [0.2, 0.25) is 5.82 Å². The van der Waals surface area contributed by atoms with Crippen LogP contribution in [0.4, 0.5) is 15.9 Å². The standard InChI is InChI=1S/C20H21FN4OS/c1-13(2)15-6-10-17(11-7-15)22-18-19(26)25(3)20(24-23-18)27-12-14-4-8-16(21)9-5-14/h4-11,13H,12H2,1-3H3,(H,22,23). The maximum absolute atomic E-state index is 13.0. The van der Waals surface area contributed by atoms with Gasteiger partial charge < -0.3 is 5.32 Å². The minimum absolute atomic E-state index is 0.181. The second kappa shape index (κ2) is 8.35. The molecule has 1 N–H and O–H groups in total. The smallest absolute Gasteiger partial charge is 0.297 e.